The minimum atomic E-state index is -2.44. The van der Waals surface area contributed by atoms with Crippen LogP contribution in [0.3, 0.4) is 0 Å². The summed E-state index contributed by atoms with van der Waals surface area (Å²) in [5.41, 5.74) is -0.137. The molecule has 0 fully saturated rings. The van der Waals surface area contributed by atoms with Crippen molar-refractivity contribution in [3.8, 4) is 5.75 Å². The van der Waals surface area contributed by atoms with E-state index in [9.17, 15) is 19.4 Å². The van der Waals surface area contributed by atoms with Crippen LogP contribution in [0, 0.1) is 0 Å². The molecular weight excluding hydrogens is 191 g/mol. The average Bonchev–Trinajstić information content (AvgIpc) is 2.16. The maximum Gasteiger partial charge on any atom is 0.341 e. The Morgan fingerprint density at radius 2 is 1.93 bits per heavy atom. The van der Waals surface area contributed by atoms with Gasteiger partial charge in [0, 0.05) is 5.56 Å². The number of phenolic OH excluding ortho intramolecular Hbond substituents is 1. The fourth-order valence-corrected chi connectivity index (χ4v) is 1.03. The number of alkyl halides is 1. The molecule has 0 aliphatic rings. The molecule has 0 aromatic heterocycles. The van der Waals surface area contributed by atoms with Gasteiger partial charge in [0.05, 0.1) is 0 Å². The Labute approximate surface area is 79.2 Å². The third-order valence-corrected chi connectivity index (χ3v) is 1.77. The first kappa shape index (κ1) is 10.5. The molecule has 0 heterocycles. The van der Waals surface area contributed by atoms with E-state index in [1.807, 2.05) is 0 Å². The number of aliphatic hydroxyl groups is 1. The zero-order valence-corrected chi connectivity index (χ0v) is 7.09. The molecule has 1 rings (SSSR count). The van der Waals surface area contributed by atoms with E-state index in [0.29, 0.717) is 0 Å². The summed E-state index contributed by atoms with van der Waals surface area (Å²) in [6.45, 7) is 0. The lowest BCUT2D eigenvalue weighted by Crippen LogP contribution is -2.23. The second kappa shape index (κ2) is 4.06. The third-order valence-electron chi connectivity index (χ3n) is 1.77. The van der Waals surface area contributed by atoms with Gasteiger partial charge in [0.1, 0.15) is 11.9 Å². The lowest BCUT2D eigenvalue weighted by molar-refractivity contribution is -0.147. The van der Waals surface area contributed by atoms with Gasteiger partial charge < -0.3 is 15.3 Å². The number of carboxylic acids is 1. The quantitative estimate of drug-likeness (QED) is 0.675. The van der Waals surface area contributed by atoms with Crippen molar-refractivity contribution in [2.45, 2.75) is 12.3 Å². The number of carbonyl (C=O) groups is 1. The van der Waals surface area contributed by atoms with Gasteiger partial charge >= 0.3 is 5.97 Å². The number of carboxylic acid groups (broad SMARTS) is 1. The third kappa shape index (κ3) is 2.00. The first-order valence-electron chi connectivity index (χ1n) is 3.87. The lowest BCUT2D eigenvalue weighted by atomic mass is 10.0. The molecule has 0 amide bonds. The van der Waals surface area contributed by atoms with Gasteiger partial charge in [0.2, 0.25) is 6.17 Å². The van der Waals surface area contributed by atoms with E-state index < -0.39 is 18.2 Å². The Morgan fingerprint density at radius 3 is 2.43 bits per heavy atom. The van der Waals surface area contributed by atoms with Crippen LogP contribution in [-0.2, 0) is 4.79 Å². The number of rotatable bonds is 3. The molecule has 0 aliphatic carbocycles. The Bertz CT molecular complexity index is 339. The molecule has 2 atom stereocenters. The number of hydrogen-bond acceptors (Lipinski definition) is 3. The summed E-state index contributed by atoms with van der Waals surface area (Å²) >= 11 is 0. The van der Waals surface area contributed by atoms with Crippen LogP contribution >= 0.6 is 0 Å². The van der Waals surface area contributed by atoms with E-state index >= 15 is 0 Å². The number of benzene rings is 1. The number of aliphatic carboxylic acids is 1. The second-order valence-electron chi connectivity index (χ2n) is 2.74. The van der Waals surface area contributed by atoms with Gasteiger partial charge in [-0.25, -0.2) is 9.18 Å². The Balaban J connectivity index is 2.94. The van der Waals surface area contributed by atoms with Crippen LogP contribution in [0.15, 0.2) is 24.3 Å². The predicted octanol–water partition coefficient (Wildman–Crippen LogP) is 0.848. The topological polar surface area (TPSA) is 77.8 Å². The minimum Gasteiger partial charge on any atom is -0.508 e. The van der Waals surface area contributed by atoms with E-state index in [0.717, 1.165) is 0 Å². The molecule has 3 N–H and O–H groups in total. The lowest BCUT2D eigenvalue weighted by Gasteiger charge is -2.13. The highest BCUT2D eigenvalue weighted by atomic mass is 19.1. The molecule has 1 aromatic rings. The number of phenols is 1. The maximum absolute atomic E-state index is 12.8. The van der Waals surface area contributed by atoms with Gasteiger partial charge in [-0.1, -0.05) is 18.2 Å². The number of aromatic hydroxyl groups is 1. The van der Waals surface area contributed by atoms with Crippen LogP contribution in [0.5, 0.6) is 5.75 Å². The molecule has 0 spiro atoms. The largest absolute Gasteiger partial charge is 0.508 e. The van der Waals surface area contributed by atoms with Gasteiger partial charge in [-0.3, -0.25) is 0 Å². The molecule has 0 saturated heterocycles. The standard InChI is InChI=1S/C9H9FO4/c10-7(9(13)14)8(12)5-3-1-2-4-6(5)11/h1-4,7-8,11-12H,(H,13,14). The fraction of sp³-hybridized carbons (Fsp3) is 0.222. The summed E-state index contributed by atoms with van der Waals surface area (Å²) in [4.78, 5) is 10.2. The van der Waals surface area contributed by atoms with Crippen molar-refractivity contribution >= 4 is 5.97 Å². The van der Waals surface area contributed by atoms with Gasteiger partial charge in [-0.05, 0) is 6.07 Å². The average molecular weight is 200 g/mol. The van der Waals surface area contributed by atoms with Crippen LogP contribution in [0.2, 0.25) is 0 Å². The van der Waals surface area contributed by atoms with Crippen LogP contribution in [0.4, 0.5) is 4.39 Å². The molecule has 14 heavy (non-hydrogen) atoms. The molecule has 0 radical (unpaired) electrons. The highest BCUT2D eigenvalue weighted by molar-refractivity contribution is 5.73. The van der Waals surface area contributed by atoms with Crippen LogP contribution in [-0.4, -0.2) is 27.5 Å². The van der Waals surface area contributed by atoms with Crippen molar-refractivity contribution in [1.29, 1.82) is 0 Å². The number of halogens is 1. The molecule has 0 bridgehead atoms. The monoisotopic (exact) mass is 200 g/mol. The SMILES string of the molecule is O=C(O)C(F)C(O)c1ccccc1O. The summed E-state index contributed by atoms with van der Waals surface area (Å²) in [5, 5.41) is 26.7. The van der Waals surface area contributed by atoms with Crippen molar-refractivity contribution in [3.05, 3.63) is 29.8 Å². The van der Waals surface area contributed by atoms with Crippen molar-refractivity contribution in [2.24, 2.45) is 0 Å². The number of hydrogen-bond donors (Lipinski definition) is 3. The summed E-state index contributed by atoms with van der Waals surface area (Å²) in [6, 6.07) is 5.45. The zero-order chi connectivity index (χ0) is 10.7. The summed E-state index contributed by atoms with van der Waals surface area (Å²) < 4.78 is 12.8. The second-order valence-corrected chi connectivity index (χ2v) is 2.74. The number of aliphatic hydroxyl groups excluding tert-OH is 1. The van der Waals surface area contributed by atoms with Crippen molar-refractivity contribution in [2.75, 3.05) is 0 Å². The van der Waals surface area contributed by atoms with Gasteiger partial charge in [0.25, 0.3) is 0 Å². The smallest absolute Gasteiger partial charge is 0.341 e. The van der Waals surface area contributed by atoms with Crippen molar-refractivity contribution < 1.29 is 24.5 Å². The molecule has 0 aliphatic heterocycles. The van der Waals surface area contributed by atoms with Crippen LogP contribution in [0.25, 0.3) is 0 Å². The van der Waals surface area contributed by atoms with E-state index in [4.69, 9.17) is 5.11 Å². The first-order chi connectivity index (χ1) is 6.54. The van der Waals surface area contributed by atoms with E-state index in [-0.39, 0.29) is 11.3 Å². The van der Waals surface area contributed by atoms with Crippen LogP contribution in [0.1, 0.15) is 11.7 Å². The van der Waals surface area contributed by atoms with E-state index in [2.05, 4.69) is 0 Å². The minimum absolute atomic E-state index is 0.137. The van der Waals surface area contributed by atoms with Crippen molar-refractivity contribution in [1.82, 2.24) is 0 Å². The Morgan fingerprint density at radius 1 is 1.36 bits per heavy atom. The zero-order valence-electron chi connectivity index (χ0n) is 7.09. The highest BCUT2D eigenvalue weighted by Crippen LogP contribution is 2.27. The normalized spacial score (nSPS) is 14.7. The molecule has 4 nitrogen and oxygen atoms in total. The Hall–Kier alpha value is -1.62. The predicted molar refractivity (Wildman–Crippen MR) is 45.6 cm³/mol. The summed E-state index contributed by atoms with van der Waals surface area (Å²) in [6.07, 6.45) is -4.29. The van der Waals surface area contributed by atoms with E-state index in [1.165, 1.54) is 24.3 Å². The number of para-hydroxylation sites is 1. The van der Waals surface area contributed by atoms with Gasteiger partial charge in [-0.2, -0.15) is 0 Å². The molecule has 5 heteroatoms. The summed E-state index contributed by atoms with van der Waals surface area (Å²) in [5.74, 6) is -2.09. The molecule has 0 saturated carbocycles. The van der Waals surface area contributed by atoms with Crippen LogP contribution < -0.4 is 0 Å². The molecular formula is C9H9FO4. The van der Waals surface area contributed by atoms with Gasteiger partial charge in [-0.15, -0.1) is 0 Å². The Kier molecular flexibility index (Phi) is 3.03. The highest BCUT2D eigenvalue weighted by Gasteiger charge is 2.28. The summed E-state index contributed by atoms with van der Waals surface area (Å²) in [7, 11) is 0. The maximum atomic E-state index is 12.8. The molecule has 2 unspecified atom stereocenters. The van der Waals surface area contributed by atoms with Gasteiger partial charge in [0.15, 0.2) is 0 Å². The first-order valence-corrected chi connectivity index (χ1v) is 3.87. The van der Waals surface area contributed by atoms with E-state index in [1.54, 1.807) is 0 Å². The fourth-order valence-electron chi connectivity index (χ4n) is 1.03. The molecule has 1 aromatic carbocycles. The molecule has 76 valence electrons. The van der Waals surface area contributed by atoms with Crippen molar-refractivity contribution in [3.63, 3.8) is 0 Å².